The van der Waals surface area contributed by atoms with Gasteiger partial charge in [-0.25, -0.2) is 0 Å². The van der Waals surface area contributed by atoms with Crippen LogP contribution in [0.2, 0.25) is 0 Å². The van der Waals surface area contributed by atoms with Crippen LogP contribution in [0.25, 0.3) is 0 Å². The molecular formula is C24H22BrF3N2O2. The Labute approximate surface area is 192 Å². The van der Waals surface area contributed by atoms with Crippen molar-refractivity contribution in [1.29, 1.82) is 0 Å². The highest BCUT2D eigenvalue weighted by Crippen LogP contribution is 2.29. The second-order valence-electron chi connectivity index (χ2n) is 7.13. The fraction of sp³-hybridized carbons (Fsp3) is 0.208. The summed E-state index contributed by atoms with van der Waals surface area (Å²) in [6.07, 6.45) is -4.82. The Morgan fingerprint density at radius 2 is 1.59 bits per heavy atom. The second kappa shape index (κ2) is 10.5. The summed E-state index contributed by atoms with van der Waals surface area (Å²) in [6.45, 7) is 0. The Balaban J connectivity index is 2.00. The molecule has 2 N–H and O–H groups in total. The molecule has 8 heteroatoms. The number of rotatable bonds is 8. The number of hydrogen-bond donors (Lipinski definition) is 2. The minimum absolute atomic E-state index is 0.173. The molecule has 0 heterocycles. The molecule has 4 nitrogen and oxygen atoms in total. The van der Waals surface area contributed by atoms with E-state index in [1.165, 1.54) is 0 Å². The molecule has 2 atom stereocenters. The lowest BCUT2D eigenvalue weighted by Crippen LogP contribution is -2.48. The van der Waals surface area contributed by atoms with Gasteiger partial charge in [0.25, 0.3) is 0 Å². The van der Waals surface area contributed by atoms with Crippen LogP contribution < -0.4 is 15.4 Å². The number of amides is 1. The van der Waals surface area contributed by atoms with Gasteiger partial charge >= 0.3 is 12.1 Å². The first-order valence-electron chi connectivity index (χ1n) is 9.84. The normalized spacial score (nSPS) is 13.2. The first kappa shape index (κ1) is 23.7. The van der Waals surface area contributed by atoms with Gasteiger partial charge in [0.15, 0.2) is 0 Å². The van der Waals surface area contributed by atoms with Gasteiger partial charge in [-0.2, -0.15) is 13.2 Å². The van der Waals surface area contributed by atoms with Gasteiger partial charge in [-0.1, -0.05) is 64.5 Å². The predicted molar refractivity (Wildman–Crippen MR) is 122 cm³/mol. The van der Waals surface area contributed by atoms with Crippen molar-refractivity contribution in [2.45, 2.75) is 24.7 Å². The number of benzene rings is 3. The molecule has 0 bridgehead atoms. The second-order valence-corrected chi connectivity index (χ2v) is 7.99. The highest BCUT2D eigenvalue weighted by Gasteiger charge is 2.41. The molecule has 3 aromatic carbocycles. The minimum atomic E-state index is -4.99. The van der Waals surface area contributed by atoms with Gasteiger partial charge < -0.3 is 15.4 Å². The third kappa shape index (κ3) is 6.26. The zero-order valence-corrected chi connectivity index (χ0v) is 18.8. The number of hydrogen-bond acceptors (Lipinski definition) is 3. The number of carbonyl (C=O) groups is 1. The van der Waals surface area contributed by atoms with Crippen LogP contribution in [0.3, 0.4) is 0 Å². The van der Waals surface area contributed by atoms with E-state index in [1.807, 2.05) is 36.4 Å². The summed E-state index contributed by atoms with van der Waals surface area (Å²) in [6, 6.07) is 21.8. The van der Waals surface area contributed by atoms with Crippen LogP contribution in [-0.4, -0.2) is 25.2 Å². The maximum Gasteiger partial charge on any atom is 0.471 e. The van der Waals surface area contributed by atoms with Crippen LogP contribution in [0.4, 0.5) is 18.9 Å². The van der Waals surface area contributed by atoms with Crippen molar-refractivity contribution in [3.63, 3.8) is 0 Å². The van der Waals surface area contributed by atoms with Gasteiger partial charge in [-0.3, -0.25) is 4.79 Å². The van der Waals surface area contributed by atoms with E-state index in [9.17, 15) is 18.0 Å². The van der Waals surface area contributed by atoms with Crippen molar-refractivity contribution < 1.29 is 22.7 Å². The highest BCUT2D eigenvalue weighted by molar-refractivity contribution is 9.10. The summed E-state index contributed by atoms with van der Waals surface area (Å²) in [7, 11) is 1.55. The van der Waals surface area contributed by atoms with E-state index in [1.54, 1.807) is 49.6 Å². The average molecular weight is 507 g/mol. The van der Waals surface area contributed by atoms with E-state index in [2.05, 4.69) is 26.6 Å². The van der Waals surface area contributed by atoms with Crippen LogP contribution in [0.15, 0.2) is 83.3 Å². The molecule has 3 aromatic rings. The van der Waals surface area contributed by atoms with E-state index in [4.69, 9.17) is 4.74 Å². The van der Waals surface area contributed by atoms with E-state index in [-0.39, 0.29) is 6.42 Å². The molecule has 0 spiro atoms. The lowest BCUT2D eigenvalue weighted by Gasteiger charge is -2.31. The van der Waals surface area contributed by atoms with E-state index in [0.29, 0.717) is 11.4 Å². The van der Waals surface area contributed by atoms with Crippen LogP contribution in [0, 0.1) is 0 Å². The van der Waals surface area contributed by atoms with Crippen molar-refractivity contribution in [2.24, 2.45) is 0 Å². The molecule has 0 radical (unpaired) electrons. The largest absolute Gasteiger partial charge is 0.497 e. The first-order valence-corrected chi connectivity index (χ1v) is 10.6. The summed E-state index contributed by atoms with van der Waals surface area (Å²) in [4.78, 5) is 11.9. The number of alkyl halides is 3. The van der Waals surface area contributed by atoms with Gasteiger partial charge in [-0.05, 0) is 47.9 Å². The molecule has 0 saturated heterocycles. The van der Waals surface area contributed by atoms with Gasteiger partial charge in [0.2, 0.25) is 0 Å². The molecule has 1 amide bonds. The third-order valence-electron chi connectivity index (χ3n) is 4.94. The van der Waals surface area contributed by atoms with Crippen LogP contribution >= 0.6 is 15.9 Å². The van der Waals surface area contributed by atoms with E-state index >= 15 is 0 Å². The summed E-state index contributed by atoms with van der Waals surface area (Å²) >= 11 is 3.45. The van der Waals surface area contributed by atoms with Crippen LogP contribution in [-0.2, 0) is 11.2 Å². The zero-order valence-electron chi connectivity index (χ0n) is 17.2. The summed E-state index contributed by atoms with van der Waals surface area (Å²) in [5.74, 6) is -1.33. The maximum atomic E-state index is 13.1. The number of halogens is 4. The smallest absolute Gasteiger partial charge is 0.471 e. The van der Waals surface area contributed by atoms with Gasteiger partial charge in [-0.15, -0.1) is 0 Å². The molecule has 0 unspecified atom stereocenters. The number of methoxy groups -OCH3 is 1. The van der Waals surface area contributed by atoms with Gasteiger partial charge in [0, 0.05) is 10.2 Å². The van der Waals surface area contributed by atoms with Crippen molar-refractivity contribution in [3.8, 4) is 5.75 Å². The van der Waals surface area contributed by atoms with Gasteiger partial charge in [0.05, 0.1) is 19.2 Å². The number of anilines is 1. The molecule has 3 rings (SSSR count). The lowest BCUT2D eigenvalue weighted by atomic mass is 9.93. The Hall–Kier alpha value is -3.00. The molecule has 168 valence electrons. The molecule has 0 aliphatic carbocycles. The van der Waals surface area contributed by atoms with Crippen molar-refractivity contribution in [3.05, 3.63) is 94.5 Å². The van der Waals surface area contributed by atoms with Crippen molar-refractivity contribution >= 4 is 27.5 Å². The Bertz CT molecular complexity index is 1030. The molecule has 0 aliphatic heterocycles. The summed E-state index contributed by atoms with van der Waals surface area (Å²) < 4.78 is 45.4. The average Bonchev–Trinajstić information content (AvgIpc) is 2.79. The summed E-state index contributed by atoms with van der Waals surface area (Å²) in [5, 5.41) is 5.49. The molecule has 0 aromatic heterocycles. The predicted octanol–water partition coefficient (Wildman–Crippen LogP) is 5.90. The lowest BCUT2D eigenvalue weighted by molar-refractivity contribution is -0.174. The third-order valence-corrected chi connectivity index (χ3v) is 5.72. The fourth-order valence-electron chi connectivity index (χ4n) is 3.35. The monoisotopic (exact) mass is 506 g/mol. The first-order chi connectivity index (χ1) is 15.3. The summed E-state index contributed by atoms with van der Waals surface area (Å²) in [5.41, 5.74) is 2.19. The molecule has 32 heavy (non-hydrogen) atoms. The molecule has 0 aliphatic rings. The standard InChI is InChI=1S/C24H22BrF3N2O2/c1-32-19-13-11-18(12-14-19)29-22(16-7-3-2-4-8-16)21(30-23(31)24(26,27)28)15-17-9-5-6-10-20(17)25/h2-14,21-22,29H,15H2,1H3,(H,30,31)/t21-,22+/m0/s1. The molecule has 0 fully saturated rings. The Morgan fingerprint density at radius 3 is 2.19 bits per heavy atom. The van der Waals surface area contributed by atoms with Crippen molar-refractivity contribution in [2.75, 3.05) is 12.4 Å². The number of carbonyl (C=O) groups excluding carboxylic acids is 1. The Kier molecular flexibility index (Phi) is 7.80. The van der Waals surface area contributed by atoms with Crippen LogP contribution in [0.1, 0.15) is 17.2 Å². The molecule has 0 saturated carbocycles. The van der Waals surface area contributed by atoms with Crippen molar-refractivity contribution in [1.82, 2.24) is 5.32 Å². The van der Waals surface area contributed by atoms with Crippen LogP contribution in [0.5, 0.6) is 5.75 Å². The maximum absolute atomic E-state index is 13.1. The quantitative estimate of drug-likeness (QED) is 0.399. The number of nitrogens with one attached hydrogen (secondary N) is 2. The fourth-order valence-corrected chi connectivity index (χ4v) is 3.79. The highest BCUT2D eigenvalue weighted by atomic mass is 79.9. The minimum Gasteiger partial charge on any atom is -0.497 e. The van der Waals surface area contributed by atoms with E-state index in [0.717, 1.165) is 15.6 Å². The Morgan fingerprint density at radius 1 is 0.969 bits per heavy atom. The topological polar surface area (TPSA) is 50.4 Å². The SMILES string of the molecule is COc1ccc(N[C@H](c2ccccc2)[C@H](Cc2ccccc2Br)NC(=O)C(F)(F)F)cc1. The number of ether oxygens (including phenoxy) is 1. The van der Waals surface area contributed by atoms with Gasteiger partial charge in [0.1, 0.15) is 5.75 Å². The van der Waals surface area contributed by atoms with E-state index < -0.39 is 24.2 Å². The molecular weight excluding hydrogens is 485 g/mol. The zero-order chi connectivity index (χ0) is 23.1.